The van der Waals surface area contributed by atoms with Crippen molar-refractivity contribution in [3.05, 3.63) is 82.3 Å². The number of carbonyl (C=O) groups is 2. The van der Waals surface area contributed by atoms with Crippen molar-refractivity contribution in [1.29, 1.82) is 0 Å². The van der Waals surface area contributed by atoms with Gasteiger partial charge in [0.15, 0.2) is 5.82 Å². The van der Waals surface area contributed by atoms with Crippen LogP contribution < -0.4 is 4.74 Å². The van der Waals surface area contributed by atoms with Crippen LogP contribution in [-0.2, 0) is 11.4 Å². The summed E-state index contributed by atoms with van der Waals surface area (Å²) in [6, 6.07) is 8.13. The number of aryl methyl sites for hydroxylation is 1. The van der Waals surface area contributed by atoms with Gasteiger partial charge in [-0.15, -0.1) is 0 Å². The fourth-order valence-electron chi connectivity index (χ4n) is 5.07. The largest absolute Gasteiger partial charge is 0.487 e. The van der Waals surface area contributed by atoms with Gasteiger partial charge in [0.25, 0.3) is 0 Å². The summed E-state index contributed by atoms with van der Waals surface area (Å²) in [6.45, 7) is 5.29. The zero-order valence-electron chi connectivity index (χ0n) is 21.9. The lowest BCUT2D eigenvalue weighted by atomic mass is 9.98. The van der Waals surface area contributed by atoms with Gasteiger partial charge in [-0.05, 0) is 50.6 Å². The Morgan fingerprint density at radius 1 is 1.23 bits per heavy atom. The van der Waals surface area contributed by atoms with E-state index in [1.54, 1.807) is 32.0 Å². The standard InChI is InChI=1S/C28H26ClF2N5O4/c1-15-9-24(36-13-19(31)12-32-36)20-5-4-6-25(26(20)33-15)40-14-22-21(10-18(30)11-23(22)29)16(2)34-7-8-35(28(38)39)17(3)27(34)37/h4-6,9-13,16-17H,7-8,14H2,1-3H3,(H,38,39)/t16-,17+/m0/s1. The van der Waals surface area contributed by atoms with Crippen LogP contribution in [0.2, 0.25) is 5.02 Å². The van der Waals surface area contributed by atoms with Gasteiger partial charge in [0, 0.05) is 29.7 Å². The van der Waals surface area contributed by atoms with E-state index in [4.69, 9.17) is 16.3 Å². The van der Waals surface area contributed by atoms with Crippen molar-refractivity contribution in [3.63, 3.8) is 0 Å². The Morgan fingerprint density at radius 2 is 2.00 bits per heavy atom. The van der Waals surface area contributed by atoms with Crippen LogP contribution in [-0.4, -0.2) is 60.8 Å². The molecule has 1 aliphatic rings. The summed E-state index contributed by atoms with van der Waals surface area (Å²) in [7, 11) is 0. The number of fused-ring (bicyclic) bond motifs is 1. The molecule has 2 amide bonds. The first-order valence-electron chi connectivity index (χ1n) is 12.6. The fourth-order valence-corrected chi connectivity index (χ4v) is 5.34. The molecular weight excluding hydrogens is 544 g/mol. The van der Waals surface area contributed by atoms with Crippen LogP contribution in [0.3, 0.4) is 0 Å². The number of nitrogens with zero attached hydrogens (tertiary/aromatic N) is 5. The van der Waals surface area contributed by atoms with Crippen molar-refractivity contribution in [2.75, 3.05) is 13.1 Å². The van der Waals surface area contributed by atoms with Crippen molar-refractivity contribution in [1.82, 2.24) is 24.6 Å². The molecule has 0 unspecified atom stereocenters. The van der Waals surface area contributed by atoms with Crippen LogP contribution in [0.1, 0.15) is 36.7 Å². The van der Waals surface area contributed by atoms with Crippen LogP contribution in [0.15, 0.2) is 48.8 Å². The highest BCUT2D eigenvalue weighted by Crippen LogP contribution is 2.34. The summed E-state index contributed by atoms with van der Waals surface area (Å²) in [6.07, 6.45) is 1.22. The number of carboxylic acid groups (broad SMARTS) is 1. The molecule has 0 radical (unpaired) electrons. The number of amides is 2. The molecule has 0 aliphatic carbocycles. The lowest BCUT2D eigenvalue weighted by Gasteiger charge is -2.41. The molecule has 2 aromatic carbocycles. The lowest BCUT2D eigenvalue weighted by molar-refractivity contribution is -0.142. The number of carbonyl (C=O) groups excluding carboxylic acids is 1. The Bertz CT molecular complexity index is 1630. The van der Waals surface area contributed by atoms with Crippen LogP contribution in [0.5, 0.6) is 5.75 Å². The van der Waals surface area contributed by atoms with Crippen molar-refractivity contribution < 1.29 is 28.2 Å². The van der Waals surface area contributed by atoms with Crippen LogP contribution in [0.25, 0.3) is 16.6 Å². The minimum Gasteiger partial charge on any atom is -0.487 e. The van der Waals surface area contributed by atoms with E-state index in [0.717, 1.165) is 11.1 Å². The fraction of sp³-hybridized carbons (Fsp3) is 0.286. The van der Waals surface area contributed by atoms with Gasteiger partial charge < -0.3 is 14.7 Å². The minimum absolute atomic E-state index is 0.0575. The first-order chi connectivity index (χ1) is 19.0. The maximum absolute atomic E-state index is 14.5. The maximum Gasteiger partial charge on any atom is 0.408 e. The SMILES string of the molecule is Cc1cc(-n2cc(F)cn2)c2cccc(OCc3c(Cl)cc(F)cc3[C@H](C)N3CCN(C(=O)O)[C@H](C)C3=O)c2n1. The molecule has 2 aromatic heterocycles. The number of rotatable bonds is 6. The summed E-state index contributed by atoms with van der Waals surface area (Å²) in [5.41, 5.74) is 2.74. The Kier molecular flexibility index (Phi) is 7.33. The number of halogens is 3. The van der Waals surface area contributed by atoms with Gasteiger partial charge in [-0.1, -0.05) is 23.7 Å². The van der Waals surface area contributed by atoms with E-state index >= 15 is 0 Å². The highest BCUT2D eigenvalue weighted by atomic mass is 35.5. The topological polar surface area (TPSA) is 101 Å². The number of benzene rings is 2. The monoisotopic (exact) mass is 569 g/mol. The van der Waals surface area contributed by atoms with Crippen LogP contribution in [0.4, 0.5) is 13.6 Å². The van der Waals surface area contributed by atoms with Gasteiger partial charge in [-0.25, -0.2) is 23.2 Å². The predicted molar refractivity (Wildman–Crippen MR) is 144 cm³/mol. The maximum atomic E-state index is 14.5. The van der Waals surface area contributed by atoms with E-state index in [9.17, 15) is 23.5 Å². The molecule has 1 fully saturated rings. The number of ether oxygens (including phenoxy) is 1. The van der Waals surface area contributed by atoms with E-state index in [1.807, 2.05) is 6.07 Å². The second-order valence-electron chi connectivity index (χ2n) is 9.64. The molecule has 0 spiro atoms. The molecule has 9 nitrogen and oxygen atoms in total. The van der Waals surface area contributed by atoms with Gasteiger partial charge in [0.1, 0.15) is 29.7 Å². The second kappa shape index (κ2) is 10.7. The number of piperazine rings is 1. The van der Waals surface area contributed by atoms with Gasteiger partial charge >= 0.3 is 6.09 Å². The molecular formula is C28H26ClF2N5O4. The Balaban J connectivity index is 1.48. The average Bonchev–Trinajstić information content (AvgIpc) is 3.34. The van der Waals surface area contributed by atoms with Gasteiger partial charge in [0.05, 0.1) is 29.1 Å². The van der Waals surface area contributed by atoms with Crippen molar-refractivity contribution in [2.45, 2.75) is 39.5 Å². The molecule has 40 heavy (non-hydrogen) atoms. The van der Waals surface area contributed by atoms with Crippen LogP contribution in [0, 0.1) is 18.6 Å². The third-order valence-electron chi connectivity index (χ3n) is 7.13. The summed E-state index contributed by atoms with van der Waals surface area (Å²) in [5.74, 6) is -1.00. The summed E-state index contributed by atoms with van der Waals surface area (Å²) in [4.78, 5) is 31.8. The van der Waals surface area contributed by atoms with E-state index in [1.165, 1.54) is 34.8 Å². The zero-order chi connectivity index (χ0) is 28.7. The molecule has 208 valence electrons. The smallest absolute Gasteiger partial charge is 0.408 e. The second-order valence-corrected chi connectivity index (χ2v) is 10.0. The third kappa shape index (κ3) is 5.04. The molecule has 3 heterocycles. The molecule has 1 aliphatic heterocycles. The first kappa shape index (κ1) is 27.3. The summed E-state index contributed by atoms with van der Waals surface area (Å²) >= 11 is 6.49. The molecule has 1 N–H and O–H groups in total. The zero-order valence-corrected chi connectivity index (χ0v) is 22.7. The van der Waals surface area contributed by atoms with Gasteiger partial charge in [0.2, 0.25) is 5.91 Å². The summed E-state index contributed by atoms with van der Waals surface area (Å²) < 4.78 is 35.8. The van der Waals surface area contributed by atoms with Gasteiger partial charge in [-0.3, -0.25) is 9.69 Å². The molecule has 0 bridgehead atoms. The number of pyridine rings is 1. The van der Waals surface area contributed by atoms with Crippen molar-refractivity contribution in [3.8, 4) is 11.4 Å². The number of hydrogen-bond acceptors (Lipinski definition) is 5. The first-order valence-corrected chi connectivity index (χ1v) is 12.9. The number of hydrogen-bond donors (Lipinski definition) is 1. The highest BCUT2D eigenvalue weighted by molar-refractivity contribution is 6.31. The van der Waals surface area contributed by atoms with Crippen LogP contribution >= 0.6 is 11.6 Å². The van der Waals surface area contributed by atoms with E-state index in [-0.39, 0.29) is 30.6 Å². The third-order valence-corrected chi connectivity index (χ3v) is 7.46. The van der Waals surface area contributed by atoms with Crippen molar-refractivity contribution in [2.24, 2.45) is 0 Å². The molecule has 0 saturated carbocycles. The quantitative estimate of drug-likeness (QED) is 0.328. The molecule has 5 rings (SSSR count). The normalized spacial score (nSPS) is 16.4. The molecule has 4 aromatic rings. The summed E-state index contributed by atoms with van der Waals surface area (Å²) in [5, 5.41) is 14.3. The molecule has 12 heteroatoms. The molecule has 2 atom stereocenters. The predicted octanol–water partition coefficient (Wildman–Crippen LogP) is 5.51. The number of aromatic nitrogens is 3. The van der Waals surface area contributed by atoms with E-state index in [2.05, 4.69) is 10.1 Å². The van der Waals surface area contributed by atoms with E-state index in [0.29, 0.717) is 39.2 Å². The van der Waals surface area contributed by atoms with Crippen molar-refractivity contribution >= 4 is 34.5 Å². The average molecular weight is 570 g/mol. The lowest BCUT2D eigenvalue weighted by Crippen LogP contribution is -2.57. The number of para-hydroxylation sites is 1. The Morgan fingerprint density at radius 3 is 2.70 bits per heavy atom. The molecule has 1 saturated heterocycles. The Labute approximate surface area is 233 Å². The Hall–Kier alpha value is -4.25. The van der Waals surface area contributed by atoms with Gasteiger partial charge in [-0.2, -0.15) is 5.10 Å². The minimum atomic E-state index is -1.17. The van der Waals surface area contributed by atoms with E-state index < -0.39 is 29.8 Å². The highest BCUT2D eigenvalue weighted by Gasteiger charge is 2.37.